The molecule has 0 spiro atoms. The number of nitrogens with one attached hydrogen (secondary N) is 1. The van der Waals surface area contributed by atoms with Crippen LogP contribution in [0.3, 0.4) is 0 Å². The van der Waals surface area contributed by atoms with Gasteiger partial charge in [-0.15, -0.1) is 0 Å². The van der Waals surface area contributed by atoms with Crippen LogP contribution >= 0.6 is 0 Å². The summed E-state index contributed by atoms with van der Waals surface area (Å²) in [5.41, 5.74) is 2.14. The Balaban J connectivity index is 2.12. The molecule has 1 amide bonds. The van der Waals surface area contributed by atoms with Crippen LogP contribution in [0.2, 0.25) is 0 Å². The first-order chi connectivity index (χ1) is 11.4. The third-order valence-electron chi connectivity index (χ3n) is 2.99. The number of carbonyl (C=O) groups excluding carboxylic acids is 1. The maximum absolute atomic E-state index is 12.0. The Hall–Kier alpha value is -3.43. The van der Waals surface area contributed by atoms with E-state index in [0.29, 0.717) is 12.2 Å². The van der Waals surface area contributed by atoms with Crippen molar-refractivity contribution in [2.24, 2.45) is 12.1 Å². The number of nitro groups is 1. The van der Waals surface area contributed by atoms with Gasteiger partial charge in [-0.2, -0.15) is 10.2 Å². The molecule has 0 aliphatic rings. The van der Waals surface area contributed by atoms with Gasteiger partial charge in [-0.25, -0.2) is 5.43 Å². The molecular formula is C14H15N5O5. The Bertz CT molecular complexity index is 799. The molecule has 1 aromatic carbocycles. The van der Waals surface area contributed by atoms with Crippen LogP contribution < -0.4 is 10.2 Å². The Labute approximate surface area is 136 Å². The fraction of sp³-hybridized carbons (Fsp3) is 0.214. The number of rotatable bonds is 6. The van der Waals surface area contributed by atoms with E-state index in [4.69, 9.17) is 4.74 Å². The predicted molar refractivity (Wildman–Crippen MR) is 84.2 cm³/mol. The molecule has 0 saturated heterocycles. The molecule has 0 aliphatic carbocycles. The number of aryl methyl sites for hydroxylation is 1. The number of aromatic hydroxyl groups is 1. The molecule has 2 N–H and O–H groups in total. The number of hydrogen-bond acceptors (Lipinski definition) is 7. The van der Waals surface area contributed by atoms with E-state index in [2.05, 4.69) is 15.6 Å². The minimum absolute atomic E-state index is 0.0106. The zero-order valence-corrected chi connectivity index (χ0v) is 13.0. The second-order valence-electron chi connectivity index (χ2n) is 4.62. The topological polar surface area (TPSA) is 132 Å². The number of amides is 1. The summed E-state index contributed by atoms with van der Waals surface area (Å²) in [5.74, 6) is -0.486. The summed E-state index contributed by atoms with van der Waals surface area (Å²) in [6.07, 6.45) is 2.31. The zero-order chi connectivity index (χ0) is 17.7. The van der Waals surface area contributed by atoms with E-state index in [1.54, 1.807) is 19.1 Å². The molecule has 0 unspecified atom stereocenters. The minimum atomic E-state index is -0.762. The van der Waals surface area contributed by atoms with Gasteiger partial charge in [0, 0.05) is 7.05 Å². The van der Waals surface area contributed by atoms with Crippen LogP contribution in [0, 0.1) is 10.1 Å². The van der Waals surface area contributed by atoms with Crippen molar-refractivity contribution in [2.45, 2.75) is 6.92 Å². The number of hydrogen-bond donors (Lipinski definition) is 2. The lowest BCUT2D eigenvalue weighted by molar-refractivity contribution is -0.385. The number of benzene rings is 1. The van der Waals surface area contributed by atoms with E-state index >= 15 is 0 Å². The van der Waals surface area contributed by atoms with Crippen LogP contribution in [0.15, 0.2) is 29.5 Å². The molecule has 2 aromatic rings. The maximum atomic E-state index is 12.0. The Kier molecular flexibility index (Phi) is 5.09. The molecular weight excluding hydrogens is 318 g/mol. The van der Waals surface area contributed by atoms with Crippen LogP contribution in [0.4, 0.5) is 5.69 Å². The van der Waals surface area contributed by atoms with Gasteiger partial charge in [0.15, 0.2) is 11.5 Å². The molecule has 24 heavy (non-hydrogen) atoms. The molecule has 0 atom stereocenters. The number of phenolic OH excluding ortho intramolecular Hbond substituents is 1. The molecule has 1 aromatic heterocycles. The lowest BCUT2D eigenvalue weighted by Gasteiger charge is -2.06. The number of nitrogens with zero attached hydrogens (tertiary/aromatic N) is 4. The van der Waals surface area contributed by atoms with E-state index in [9.17, 15) is 20.0 Å². The summed E-state index contributed by atoms with van der Waals surface area (Å²) >= 11 is 0. The van der Waals surface area contributed by atoms with E-state index < -0.39 is 16.5 Å². The summed E-state index contributed by atoms with van der Waals surface area (Å²) < 4.78 is 6.33. The van der Waals surface area contributed by atoms with Gasteiger partial charge in [0.2, 0.25) is 5.69 Å². The van der Waals surface area contributed by atoms with Gasteiger partial charge in [0.05, 0.1) is 17.7 Å². The van der Waals surface area contributed by atoms with Gasteiger partial charge in [0.25, 0.3) is 5.91 Å². The van der Waals surface area contributed by atoms with Crippen molar-refractivity contribution in [3.63, 3.8) is 0 Å². The Morgan fingerprint density at radius 1 is 1.58 bits per heavy atom. The first kappa shape index (κ1) is 16.9. The molecule has 0 aliphatic heterocycles. The van der Waals surface area contributed by atoms with Crippen LogP contribution in [0.1, 0.15) is 23.0 Å². The van der Waals surface area contributed by atoms with Crippen LogP contribution in [-0.4, -0.2) is 38.5 Å². The summed E-state index contributed by atoms with van der Waals surface area (Å²) in [7, 11) is 1.42. The molecule has 0 saturated carbocycles. The number of carbonyl (C=O) groups is 1. The van der Waals surface area contributed by atoms with E-state index in [-0.39, 0.29) is 17.2 Å². The highest BCUT2D eigenvalue weighted by atomic mass is 16.6. The normalized spacial score (nSPS) is 10.8. The third-order valence-corrected chi connectivity index (χ3v) is 2.99. The van der Waals surface area contributed by atoms with Crippen LogP contribution in [-0.2, 0) is 7.05 Å². The van der Waals surface area contributed by atoms with Gasteiger partial charge < -0.3 is 9.84 Å². The van der Waals surface area contributed by atoms with Crippen molar-refractivity contribution in [3.05, 3.63) is 45.8 Å². The SMILES string of the molecule is CCOc1cc(/C=N\NC(=O)c2c([N+](=O)[O-])cnn2C)ccc1O. The lowest BCUT2D eigenvalue weighted by atomic mass is 10.2. The summed E-state index contributed by atoms with van der Waals surface area (Å²) in [4.78, 5) is 22.2. The van der Waals surface area contributed by atoms with E-state index in [0.717, 1.165) is 10.9 Å². The number of phenols is 1. The first-order valence-corrected chi connectivity index (χ1v) is 6.89. The number of ether oxygens (including phenoxy) is 1. The molecule has 10 nitrogen and oxygen atoms in total. The second kappa shape index (κ2) is 7.22. The monoisotopic (exact) mass is 333 g/mol. The minimum Gasteiger partial charge on any atom is -0.504 e. The highest BCUT2D eigenvalue weighted by Crippen LogP contribution is 2.26. The summed E-state index contributed by atoms with van der Waals surface area (Å²) in [6.45, 7) is 2.16. The van der Waals surface area contributed by atoms with Gasteiger partial charge in [-0.3, -0.25) is 19.6 Å². The van der Waals surface area contributed by atoms with Crippen molar-refractivity contribution in [2.75, 3.05) is 6.61 Å². The maximum Gasteiger partial charge on any atom is 0.320 e. The van der Waals surface area contributed by atoms with Crippen LogP contribution in [0.25, 0.3) is 0 Å². The van der Waals surface area contributed by atoms with Crippen molar-refractivity contribution < 1.29 is 19.6 Å². The van der Waals surface area contributed by atoms with Gasteiger partial charge >= 0.3 is 5.69 Å². The molecule has 1 heterocycles. The third kappa shape index (κ3) is 3.66. The average Bonchev–Trinajstić information content (AvgIpc) is 2.92. The van der Waals surface area contributed by atoms with Gasteiger partial charge in [0.1, 0.15) is 6.20 Å². The highest BCUT2D eigenvalue weighted by Gasteiger charge is 2.25. The van der Waals surface area contributed by atoms with Gasteiger partial charge in [-0.05, 0) is 30.7 Å². The molecule has 126 valence electrons. The average molecular weight is 333 g/mol. The standard InChI is InChI=1S/C14H15N5O5/c1-3-24-12-6-9(4-5-11(12)20)7-15-17-14(21)13-10(19(22)23)8-16-18(13)2/h4-8,20H,3H2,1-2H3,(H,17,21)/b15-7-. The van der Waals surface area contributed by atoms with Gasteiger partial charge in [-0.1, -0.05) is 0 Å². The smallest absolute Gasteiger partial charge is 0.320 e. The van der Waals surface area contributed by atoms with Crippen molar-refractivity contribution in [3.8, 4) is 11.5 Å². The summed E-state index contributed by atoms with van der Waals surface area (Å²) in [6, 6.07) is 4.54. The molecule has 0 radical (unpaired) electrons. The lowest BCUT2D eigenvalue weighted by Crippen LogP contribution is -2.22. The van der Waals surface area contributed by atoms with Crippen molar-refractivity contribution in [1.82, 2.24) is 15.2 Å². The Morgan fingerprint density at radius 3 is 3.00 bits per heavy atom. The van der Waals surface area contributed by atoms with Crippen molar-refractivity contribution in [1.29, 1.82) is 0 Å². The van der Waals surface area contributed by atoms with E-state index in [1.807, 2.05) is 0 Å². The molecule has 0 bridgehead atoms. The highest BCUT2D eigenvalue weighted by molar-refractivity contribution is 5.96. The summed E-state index contributed by atoms with van der Waals surface area (Å²) in [5, 5.41) is 27.9. The van der Waals surface area contributed by atoms with Crippen molar-refractivity contribution >= 4 is 17.8 Å². The Morgan fingerprint density at radius 2 is 2.33 bits per heavy atom. The largest absolute Gasteiger partial charge is 0.504 e. The fourth-order valence-corrected chi connectivity index (χ4v) is 1.92. The molecule has 2 rings (SSSR count). The molecule has 10 heteroatoms. The first-order valence-electron chi connectivity index (χ1n) is 6.89. The number of aromatic nitrogens is 2. The second-order valence-corrected chi connectivity index (χ2v) is 4.62. The van der Waals surface area contributed by atoms with E-state index in [1.165, 1.54) is 19.3 Å². The zero-order valence-electron chi connectivity index (χ0n) is 13.0. The predicted octanol–water partition coefficient (Wildman–Crippen LogP) is 1.20. The molecule has 0 fully saturated rings. The fourth-order valence-electron chi connectivity index (χ4n) is 1.92. The van der Waals surface area contributed by atoms with Crippen LogP contribution in [0.5, 0.6) is 11.5 Å². The quantitative estimate of drug-likeness (QED) is 0.464. The number of hydrazone groups is 1.